The van der Waals surface area contributed by atoms with Crippen LogP contribution >= 0.6 is 0 Å². The van der Waals surface area contributed by atoms with Crippen molar-refractivity contribution in [2.24, 2.45) is 17.8 Å². The molecule has 2 aromatic carbocycles. The van der Waals surface area contributed by atoms with Gasteiger partial charge in [-0.25, -0.2) is 0 Å². The number of amides is 4. The van der Waals surface area contributed by atoms with Gasteiger partial charge in [0.05, 0.1) is 12.6 Å². The first-order chi connectivity index (χ1) is 21.6. The van der Waals surface area contributed by atoms with Gasteiger partial charge in [0, 0.05) is 13.3 Å². The lowest BCUT2D eigenvalue weighted by Crippen LogP contribution is -2.58. The molecule has 46 heavy (non-hydrogen) atoms. The van der Waals surface area contributed by atoms with Gasteiger partial charge in [-0.3, -0.25) is 24.0 Å². The highest BCUT2D eigenvalue weighted by molar-refractivity contribution is 5.99. The Labute approximate surface area is 273 Å². The Morgan fingerprint density at radius 1 is 0.674 bits per heavy atom. The van der Waals surface area contributed by atoms with Gasteiger partial charge in [-0.05, 0) is 60.3 Å². The van der Waals surface area contributed by atoms with Crippen LogP contribution < -0.4 is 21.3 Å². The SMILES string of the molecule is CC(=O)N[C@@H](Cc1cccc2ccccc12)C(=O)NC(CC(C)C)C(=O)N[C@@H](CC(C)C)C(=O)NC(CC(C)C)C(=O)C1(C)CO1. The first kappa shape index (κ1) is 36.7. The fraction of sp³-hybridized carbons (Fsp3) is 0.583. The molecule has 1 heterocycles. The quantitative estimate of drug-likeness (QED) is 0.194. The number of ether oxygens (including phenoxy) is 1. The zero-order valence-electron chi connectivity index (χ0n) is 28.6. The largest absolute Gasteiger partial charge is 0.361 e. The Bertz CT molecular complexity index is 1390. The first-order valence-electron chi connectivity index (χ1n) is 16.4. The molecule has 10 heteroatoms. The second-order valence-electron chi connectivity index (χ2n) is 14.1. The summed E-state index contributed by atoms with van der Waals surface area (Å²) >= 11 is 0. The van der Waals surface area contributed by atoms with E-state index in [1.807, 2.05) is 84.0 Å². The average molecular weight is 637 g/mol. The molecule has 0 saturated carbocycles. The van der Waals surface area contributed by atoms with Crippen LogP contribution in [-0.2, 0) is 35.1 Å². The molecule has 5 atom stereocenters. The molecule has 1 aliphatic heterocycles. The first-order valence-corrected chi connectivity index (χ1v) is 16.4. The van der Waals surface area contributed by atoms with Crippen LogP contribution in [0.4, 0.5) is 0 Å². The molecule has 0 aliphatic carbocycles. The normalized spacial score (nSPS) is 18.5. The van der Waals surface area contributed by atoms with Crippen molar-refractivity contribution < 1.29 is 28.7 Å². The van der Waals surface area contributed by atoms with Gasteiger partial charge in [0.2, 0.25) is 23.6 Å². The summed E-state index contributed by atoms with van der Waals surface area (Å²) in [6, 6.07) is 10.1. The van der Waals surface area contributed by atoms with Crippen molar-refractivity contribution in [3.8, 4) is 0 Å². The lowest BCUT2D eigenvalue weighted by molar-refractivity contribution is -0.135. The third kappa shape index (κ3) is 10.6. The van der Waals surface area contributed by atoms with E-state index >= 15 is 0 Å². The van der Waals surface area contributed by atoms with Gasteiger partial charge in [-0.1, -0.05) is 84.0 Å². The van der Waals surface area contributed by atoms with Crippen LogP contribution in [0.5, 0.6) is 0 Å². The van der Waals surface area contributed by atoms with Gasteiger partial charge in [-0.2, -0.15) is 0 Å². The van der Waals surface area contributed by atoms with Gasteiger partial charge >= 0.3 is 0 Å². The molecule has 1 saturated heterocycles. The van der Waals surface area contributed by atoms with Crippen LogP contribution in [0, 0.1) is 17.8 Å². The van der Waals surface area contributed by atoms with Gasteiger partial charge in [-0.15, -0.1) is 0 Å². The molecule has 10 nitrogen and oxygen atoms in total. The minimum absolute atomic E-state index is 0.0398. The maximum absolute atomic E-state index is 13.8. The number of Topliss-reactive ketones (excluding diaryl/α,β-unsaturated/α-hetero) is 1. The lowest BCUT2D eigenvalue weighted by atomic mass is 9.92. The van der Waals surface area contributed by atoms with Crippen molar-refractivity contribution in [3.63, 3.8) is 0 Å². The number of rotatable bonds is 17. The second kappa shape index (κ2) is 16.2. The van der Waals surface area contributed by atoms with E-state index in [0.29, 0.717) is 25.9 Å². The highest BCUT2D eigenvalue weighted by Gasteiger charge is 2.50. The maximum Gasteiger partial charge on any atom is 0.243 e. The zero-order chi connectivity index (χ0) is 34.2. The molecule has 1 aliphatic rings. The molecule has 0 bridgehead atoms. The number of fused-ring (bicyclic) bond motifs is 1. The molecule has 0 aromatic heterocycles. The summed E-state index contributed by atoms with van der Waals surface area (Å²) in [6.45, 7) is 15.1. The van der Waals surface area contributed by atoms with E-state index in [9.17, 15) is 24.0 Å². The minimum atomic E-state index is -0.953. The average Bonchev–Trinajstić information content (AvgIpc) is 3.72. The van der Waals surface area contributed by atoms with Crippen LogP contribution in [0.15, 0.2) is 42.5 Å². The van der Waals surface area contributed by atoms with E-state index < -0.39 is 47.5 Å². The van der Waals surface area contributed by atoms with Gasteiger partial charge in [0.25, 0.3) is 0 Å². The van der Waals surface area contributed by atoms with E-state index in [4.69, 9.17) is 4.74 Å². The zero-order valence-corrected chi connectivity index (χ0v) is 28.6. The van der Waals surface area contributed by atoms with Crippen LogP contribution in [0.25, 0.3) is 10.8 Å². The second-order valence-corrected chi connectivity index (χ2v) is 14.1. The Morgan fingerprint density at radius 2 is 1.13 bits per heavy atom. The summed E-state index contributed by atoms with van der Waals surface area (Å²) in [5.74, 6) is -1.74. The molecular formula is C36H52N4O6. The standard InChI is InChI=1S/C36H52N4O6/c1-21(2)16-28(32(42)36(8)20-46-36)38-33(43)29(17-22(3)4)39-34(44)30(18-23(5)6)40-35(45)31(37-24(7)41)19-26-14-11-13-25-12-9-10-15-27(25)26/h9-15,21-23,28-31H,16-20H2,1-8H3,(H,37,41)(H,38,43)(H,39,44)(H,40,45)/t28?,29-,30?,31-,36?/m0/s1. The number of carbonyl (C=O) groups excluding carboxylic acids is 5. The number of nitrogens with one attached hydrogen (secondary N) is 4. The molecule has 4 amide bonds. The summed E-state index contributed by atoms with van der Waals surface area (Å²) in [6.07, 6.45) is 1.33. The van der Waals surface area contributed by atoms with E-state index in [0.717, 1.165) is 16.3 Å². The Balaban J connectivity index is 1.80. The molecule has 2 aromatic rings. The number of hydrogen-bond acceptors (Lipinski definition) is 6. The number of hydrogen-bond donors (Lipinski definition) is 4. The monoisotopic (exact) mass is 636 g/mol. The van der Waals surface area contributed by atoms with Crippen molar-refractivity contribution in [1.82, 2.24) is 21.3 Å². The number of carbonyl (C=O) groups is 5. The van der Waals surface area contributed by atoms with E-state index in [1.54, 1.807) is 6.92 Å². The number of epoxide rings is 1. The summed E-state index contributed by atoms with van der Waals surface area (Å²) in [7, 11) is 0. The molecule has 1 fully saturated rings. The minimum Gasteiger partial charge on any atom is -0.361 e. The highest BCUT2D eigenvalue weighted by Crippen LogP contribution is 2.30. The predicted molar refractivity (Wildman–Crippen MR) is 179 cm³/mol. The summed E-state index contributed by atoms with van der Waals surface area (Å²) in [5.41, 5.74) is -0.00581. The fourth-order valence-corrected chi connectivity index (χ4v) is 5.69. The van der Waals surface area contributed by atoms with Crippen molar-refractivity contribution >= 4 is 40.2 Å². The summed E-state index contributed by atoms with van der Waals surface area (Å²) < 4.78 is 5.36. The Kier molecular flexibility index (Phi) is 12.9. The van der Waals surface area contributed by atoms with E-state index in [1.165, 1.54) is 6.92 Å². The molecule has 4 N–H and O–H groups in total. The molecule has 252 valence electrons. The number of ketones is 1. The van der Waals surface area contributed by atoms with Crippen molar-refractivity contribution in [1.29, 1.82) is 0 Å². The van der Waals surface area contributed by atoms with Gasteiger partial charge in [0.1, 0.15) is 23.7 Å². The number of benzene rings is 2. The van der Waals surface area contributed by atoms with Crippen molar-refractivity contribution in [3.05, 3.63) is 48.0 Å². The molecule has 0 spiro atoms. The van der Waals surface area contributed by atoms with Crippen LogP contribution in [0.3, 0.4) is 0 Å². The van der Waals surface area contributed by atoms with Crippen molar-refractivity contribution in [2.45, 2.75) is 111 Å². The lowest BCUT2D eigenvalue weighted by Gasteiger charge is -2.28. The molecule has 0 radical (unpaired) electrons. The van der Waals surface area contributed by atoms with Gasteiger partial charge in [0.15, 0.2) is 5.78 Å². The summed E-state index contributed by atoms with van der Waals surface area (Å²) in [4.78, 5) is 66.4. The molecule has 3 rings (SSSR count). The maximum atomic E-state index is 13.8. The van der Waals surface area contributed by atoms with Crippen LogP contribution in [-0.4, -0.2) is 65.8 Å². The van der Waals surface area contributed by atoms with Gasteiger partial charge < -0.3 is 26.0 Å². The third-order valence-electron chi connectivity index (χ3n) is 8.12. The third-order valence-corrected chi connectivity index (χ3v) is 8.12. The van der Waals surface area contributed by atoms with Crippen LogP contribution in [0.2, 0.25) is 0 Å². The highest BCUT2D eigenvalue weighted by atomic mass is 16.6. The predicted octanol–water partition coefficient (Wildman–Crippen LogP) is 3.84. The Morgan fingerprint density at radius 3 is 1.63 bits per heavy atom. The topological polar surface area (TPSA) is 146 Å². The van der Waals surface area contributed by atoms with Crippen molar-refractivity contribution in [2.75, 3.05) is 6.61 Å². The van der Waals surface area contributed by atoms with E-state index in [2.05, 4.69) is 21.3 Å². The molecule has 3 unspecified atom stereocenters. The fourth-order valence-electron chi connectivity index (χ4n) is 5.69. The van der Waals surface area contributed by atoms with Crippen LogP contribution in [0.1, 0.15) is 80.2 Å². The summed E-state index contributed by atoms with van der Waals surface area (Å²) in [5, 5.41) is 13.4. The van der Waals surface area contributed by atoms with E-state index in [-0.39, 0.29) is 35.9 Å². The smallest absolute Gasteiger partial charge is 0.243 e. The molecular weight excluding hydrogens is 584 g/mol. The Hall–Kier alpha value is -3.79.